The maximum atomic E-state index is 12.8. The van der Waals surface area contributed by atoms with Crippen LogP contribution in [0, 0.1) is 24.2 Å². The standard InChI is InChI=1S/C19H18O4/c1-7-10(21-3)6-9-4-5-19-8(2)15-17(23-18(19)20)13-14(19)12(9)11(7)16(13)22-15/h4-6,8,13-17H,1-3H3/t8?,13-,14-,15?,16?,17-,19-/m1/s1. The van der Waals surface area contributed by atoms with E-state index in [1.165, 1.54) is 16.7 Å². The lowest BCUT2D eigenvalue weighted by Crippen LogP contribution is -2.63. The summed E-state index contributed by atoms with van der Waals surface area (Å²) in [4.78, 5) is 12.8. The highest BCUT2D eigenvalue weighted by Gasteiger charge is 2.76. The van der Waals surface area contributed by atoms with Crippen LogP contribution in [0.1, 0.15) is 41.2 Å². The Hall–Kier alpha value is -1.81. The zero-order valence-corrected chi connectivity index (χ0v) is 13.3. The molecule has 4 bridgehead atoms. The van der Waals surface area contributed by atoms with Crippen molar-refractivity contribution in [1.29, 1.82) is 0 Å². The number of carbonyl (C=O) groups excluding carboxylic acids is 1. The van der Waals surface area contributed by atoms with Crippen molar-refractivity contribution in [3.05, 3.63) is 34.4 Å². The van der Waals surface area contributed by atoms with E-state index in [1.807, 2.05) is 0 Å². The third kappa shape index (κ3) is 1.04. The summed E-state index contributed by atoms with van der Waals surface area (Å²) in [6, 6.07) is 2.11. The quantitative estimate of drug-likeness (QED) is 0.748. The lowest BCUT2D eigenvalue weighted by molar-refractivity contribution is -0.204. The Morgan fingerprint density at radius 2 is 2.09 bits per heavy atom. The van der Waals surface area contributed by atoms with Crippen molar-refractivity contribution >= 4 is 12.0 Å². The summed E-state index contributed by atoms with van der Waals surface area (Å²) in [5.74, 6) is 1.48. The van der Waals surface area contributed by atoms with Gasteiger partial charge in [0.25, 0.3) is 0 Å². The van der Waals surface area contributed by atoms with Crippen LogP contribution in [0.5, 0.6) is 5.75 Å². The van der Waals surface area contributed by atoms with Gasteiger partial charge < -0.3 is 14.2 Å². The molecule has 3 heterocycles. The van der Waals surface area contributed by atoms with Gasteiger partial charge in [0.15, 0.2) is 0 Å². The summed E-state index contributed by atoms with van der Waals surface area (Å²) in [5, 5.41) is 0. The van der Waals surface area contributed by atoms with Gasteiger partial charge in [-0.1, -0.05) is 19.1 Å². The molecule has 4 nitrogen and oxygen atoms in total. The van der Waals surface area contributed by atoms with Crippen molar-refractivity contribution in [2.24, 2.45) is 17.3 Å². The average molecular weight is 310 g/mol. The zero-order valence-electron chi connectivity index (χ0n) is 13.3. The van der Waals surface area contributed by atoms with Gasteiger partial charge in [-0.05, 0) is 35.2 Å². The number of fused-ring (bicyclic) bond motifs is 2. The van der Waals surface area contributed by atoms with Gasteiger partial charge in [-0.3, -0.25) is 4.79 Å². The number of esters is 1. The van der Waals surface area contributed by atoms with E-state index in [1.54, 1.807) is 7.11 Å². The molecule has 4 fully saturated rings. The minimum absolute atomic E-state index is 0.0175. The summed E-state index contributed by atoms with van der Waals surface area (Å²) in [6.45, 7) is 4.26. The highest BCUT2D eigenvalue weighted by atomic mass is 16.6. The Bertz CT molecular complexity index is 825. The Balaban J connectivity index is 1.75. The van der Waals surface area contributed by atoms with E-state index in [-0.39, 0.29) is 42.0 Å². The number of methoxy groups -OCH3 is 1. The summed E-state index contributed by atoms with van der Waals surface area (Å²) in [7, 11) is 1.71. The predicted octanol–water partition coefficient (Wildman–Crippen LogP) is 2.75. The number of benzene rings is 1. The van der Waals surface area contributed by atoms with E-state index in [9.17, 15) is 4.79 Å². The van der Waals surface area contributed by atoms with E-state index in [0.717, 1.165) is 11.3 Å². The second-order valence-electron chi connectivity index (χ2n) is 7.62. The molecule has 7 rings (SSSR count). The third-order valence-corrected chi connectivity index (χ3v) is 7.11. The monoisotopic (exact) mass is 310 g/mol. The molecule has 118 valence electrons. The van der Waals surface area contributed by atoms with Crippen LogP contribution in [-0.4, -0.2) is 25.3 Å². The van der Waals surface area contributed by atoms with Crippen molar-refractivity contribution in [1.82, 2.24) is 0 Å². The van der Waals surface area contributed by atoms with Crippen molar-refractivity contribution in [3.63, 3.8) is 0 Å². The third-order valence-electron chi connectivity index (χ3n) is 7.11. The maximum absolute atomic E-state index is 12.8. The van der Waals surface area contributed by atoms with E-state index in [2.05, 4.69) is 32.1 Å². The van der Waals surface area contributed by atoms with Gasteiger partial charge in [0.1, 0.15) is 11.9 Å². The normalized spacial score (nSPS) is 46.3. The van der Waals surface area contributed by atoms with Gasteiger partial charge in [0, 0.05) is 17.8 Å². The van der Waals surface area contributed by atoms with E-state index in [0.29, 0.717) is 0 Å². The lowest BCUT2D eigenvalue weighted by atomic mass is 9.52. The van der Waals surface area contributed by atoms with Gasteiger partial charge in [-0.2, -0.15) is 0 Å². The molecule has 6 aliphatic rings. The molecule has 1 saturated carbocycles. The highest BCUT2D eigenvalue weighted by Crippen LogP contribution is 2.73. The molecule has 1 aromatic carbocycles. The fourth-order valence-corrected chi connectivity index (χ4v) is 6.18. The van der Waals surface area contributed by atoms with Crippen molar-refractivity contribution < 1.29 is 19.0 Å². The van der Waals surface area contributed by atoms with Crippen molar-refractivity contribution in [2.75, 3.05) is 7.11 Å². The fourth-order valence-electron chi connectivity index (χ4n) is 6.18. The first-order valence-electron chi connectivity index (χ1n) is 8.36. The Morgan fingerprint density at radius 1 is 1.26 bits per heavy atom. The van der Waals surface area contributed by atoms with Crippen LogP contribution < -0.4 is 4.74 Å². The molecule has 3 aliphatic heterocycles. The second-order valence-corrected chi connectivity index (χ2v) is 7.62. The molecule has 3 unspecified atom stereocenters. The van der Waals surface area contributed by atoms with Crippen LogP contribution in [0.25, 0.3) is 6.08 Å². The molecule has 1 spiro atoms. The van der Waals surface area contributed by atoms with Crippen LogP contribution in [0.2, 0.25) is 0 Å². The minimum Gasteiger partial charge on any atom is -0.496 e. The van der Waals surface area contributed by atoms with Crippen LogP contribution >= 0.6 is 0 Å². The average Bonchev–Trinajstić information content (AvgIpc) is 3.04. The zero-order chi connectivity index (χ0) is 15.7. The van der Waals surface area contributed by atoms with Crippen LogP contribution in [0.15, 0.2) is 12.1 Å². The molecular formula is C19H18O4. The molecule has 0 amide bonds. The molecule has 0 aromatic heterocycles. The molecule has 7 atom stereocenters. The summed E-state index contributed by atoms with van der Waals surface area (Å²) in [6.07, 6.45) is 4.16. The molecule has 0 radical (unpaired) electrons. The topological polar surface area (TPSA) is 44.8 Å². The number of ether oxygens (including phenoxy) is 3. The summed E-state index contributed by atoms with van der Waals surface area (Å²) >= 11 is 0. The highest BCUT2D eigenvalue weighted by molar-refractivity contribution is 5.89. The fraction of sp³-hybridized carbons (Fsp3) is 0.526. The summed E-state index contributed by atoms with van der Waals surface area (Å²) < 4.78 is 17.9. The first-order valence-corrected chi connectivity index (χ1v) is 8.36. The lowest BCUT2D eigenvalue weighted by Gasteiger charge is -2.55. The predicted molar refractivity (Wildman–Crippen MR) is 82.1 cm³/mol. The smallest absolute Gasteiger partial charge is 0.317 e. The second kappa shape index (κ2) is 3.48. The molecular weight excluding hydrogens is 292 g/mol. The molecule has 3 aliphatic carbocycles. The Kier molecular flexibility index (Phi) is 1.91. The van der Waals surface area contributed by atoms with E-state index >= 15 is 0 Å². The number of hydrogen-bond donors (Lipinski definition) is 0. The molecule has 0 N–H and O–H groups in total. The van der Waals surface area contributed by atoms with Crippen LogP contribution in [-0.2, 0) is 14.3 Å². The largest absolute Gasteiger partial charge is 0.496 e. The van der Waals surface area contributed by atoms with Gasteiger partial charge in [-0.25, -0.2) is 0 Å². The number of carbonyl (C=O) groups is 1. The van der Waals surface area contributed by atoms with Crippen molar-refractivity contribution in [3.8, 4) is 5.75 Å². The van der Waals surface area contributed by atoms with Gasteiger partial charge in [0.05, 0.1) is 24.7 Å². The first-order chi connectivity index (χ1) is 11.1. The first kappa shape index (κ1) is 12.6. The number of hydrogen-bond acceptors (Lipinski definition) is 4. The number of rotatable bonds is 1. The molecule has 3 saturated heterocycles. The minimum atomic E-state index is -0.544. The van der Waals surface area contributed by atoms with Crippen LogP contribution in [0.4, 0.5) is 0 Å². The molecule has 4 heteroatoms. The Morgan fingerprint density at radius 3 is 2.87 bits per heavy atom. The Labute approximate surface area is 134 Å². The van der Waals surface area contributed by atoms with Crippen LogP contribution in [0.3, 0.4) is 0 Å². The molecule has 1 aromatic rings. The van der Waals surface area contributed by atoms with Gasteiger partial charge >= 0.3 is 5.97 Å². The summed E-state index contributed by atoms with van der Waals surface area (Å²) in [5.41, 5.74) is 4.35. The van der Waals surface area contributed by atoms with Gasteiger partial charge in [-0.15, -0.1) is 0 Å². The van der Waals surface area contributed by atoms with E-state index < -0.39 is 5.41 Å². The van der Waals surface area contributed by atoms with E-state index in [4.69, 9.17) is 14.2 Å². The maximum Gasteiger partial charge on any atom is 0.317 e. The SMILES string of the molecule is COc1cc2c3c(c1C)C1OC4C(C)[C@@]5(C=C2)C(=O)O[C@@H]4[C@@H]1[C@@H]35. The van der Waals surface area contributed by atoms with Gasteiger partial charge in [0.2, 0.25) is 0 Å². The molecule has 23 heavy (non-hydrogen) atoms. The van der Waals surface area contributed by atoms with Crippen molar-refractivity contribution in [2.45, 2.75) is 38.1 Å².